The van der Waals surface area contributed by atoms with Crippen LogP contribution in [0.1, 0.15) is 52.9 Å². The summed E-state index contributed by atoms with van der Waals surface area (Å²) in [4.78, 5) is 14.0. The van der Waals surface area contributed by atoms with Crippen LogP contribution in [-0.2, 0) is 0 Å². The number of likely N-dealkylation sites (tertiary alicyclic amines) is 1. The Bertz CT molecular complexity index is 260. The van der Waals surface area contributed by atoms with Gasteiger partial charge in [0, 0.05) is 26.2 Å². The van der Waals surface area contributed by atoms with Crippen molar-refractivity contribution < 1.29 is 4.79 Å². The second kappa shape index (κ2) is 10.0. The van der Waals surface area contributed by atoms with Crippen molar-refractivity contribution in [1.29, 1.82) is 0 Å². The molecule has 2 amide bonds. The van der Waals surface area contributed by atoms with E-state index in [1.54, 1.807) is 0 Å². The molecule has 1 aliphatic heterocycles. The first-order chi connectivity index (χ1) is 9.61. The molecule has 1 aliphatic rings. The molecule has 0 aromatic carbocycles. The Kier molecular flexibility index (Phi) is 8.67. The minimum absolute atomic E-state index is 0.0151. The molecule has 118 valence electrons. The summed E-state index contributed by atoms with van der Waals surface area (Å²) < 4.78 is 0. The van der Waals surface area contributed by atoms with Crippen molar-refractivity contribution in [3.8, 4) is 0 Å². The number of rotatable bonds is 8. The van der Waals surface area contributed by atoms with Crippen LogP contribution in [0.3, 0.4) is 0 Å². The maximum absolute atomic E-state index is 11.4. The van der Waals surface area contributed by atoms with Crippen LogP contribution in [0.4, 0.5) is 4.79 Å². The summed E-state index contributed by atoms with van der Waals surface area (Å²) in [6, 6.07) is -0.0151. The Hall–Kier alpha value is -0.770. The molecule has 0 bridgehead atoms. The van der Waals surface area contributed by atoms with Crippen molar-refractivity contribution >= 4 is 6.03 Å². The summed E-state index contributed by atoms with van der Waals surface area (Å²) in [5.41, 5.74) is 0. The Labute approximate surface area is 124 Å². The zero-order valence-corrected chi connectivity index (χ0v) is 13.6. The number of urea groups is 1. The lowest BCUT2D eigenvalue weighted by atomic mass is 9.92. The number of amides is 2. The third kappa shape index (κ3) is 7.73. The molecule has 1 rings (SSSR count). The van der Waals surface area contributed by atoms with Crippen molar-refractivity contribution in [2.24, 2.45) is 11.8 Å². The van der Waals surface area contributed by atoms with Crippen LogP contribution < -0.4 is 10.6 Å². The van der Waals surface area contributed by atoms with Crippen molar-refractivity contribution in [2.75, 3.05) is 32.7 Å². The molecule has 20 heavy (non-hydrogen) atoms. The van der Waals surface area contributed by atoms with Crippen LogP contribution in [0.25, 0.3) is 0 Å². The minimum Gasteiger partial charge on any atom is -0.338 e. The third-order valence-corrected chi connectivity index (χ3v) is 3.95. The lowest BCUT2D eigenvalue weighted by Crippen LogP contribution is -2.39. The molecule has 4 heteroatoms. The van der Waals surface area contributed by atoms with E-state index in [1.807, 2.05) is 0 Å². The summed E-state index contributed by atoms with van der Waals surface area (Å²) in [6.07, 6.45) is 5.79. The predicted octanol–water partition coefficient (Wildman–Crippen LogP) is 2.84. The second-order valence-corrected chi connectivity index (χ2v) is 6.45. The van der Waals surface area contributed by atoms with E-state index in [0.29, 0.717) is 0 Å². The largest absolute Gasteiger partial charge is 0.338 e. The fraction of sp³-hybridized carbons (Fsp3) is 0.938. The average molecular weight is 283 g/mol. The van der Waals surface area contributed by atoms with Crippen LogP contribution in [-0.4, -0.2) is 43.7 Å². The highest BCUT2D eigenvalue weighted by Crippen LogP contribution is 2.20. The topological polar surface area (TPSA) is 44.4 Å². The first-order valence-electron chi connectivity index (χ1n) is 8.35. The average Bonchev–Trinajstić information content (AvgIpc) is 2.37. The fourth-order valence-corrected chi connectivity index (χ4v) is 3.08. The van der Waals surface area contributed by atoms with Crippen molar-refractivity contribution in [3.63, 3.8) is 0 Å². The zero-order chi connectivity index (χ0) is 14.8. The molecule has 2 unspecified atom stereocenters. The Morgan fingerprint density at radius 1 is 1.05 bits per heavy atom. The van der Waals surface area contributed by atoms with Gasteiger partial charge >= 0.3 is 6.03 Å². The van der Waals surface area contributed by atoms with Gasteiger partial charge in [-0.05, 0) is 44.1 Å². The second-order valence-electron chi connectivity index (χ2n) is 6.45. The maximum atomic E-state index is 11.4. The summed E-state index contributed by atoms with van der Waals surface area (Å²) in [5, 5.41) is 5.80. The number of hydrogen-bond acceptors (Lipinski definition) is 2. The predicted molar refractivity (Wildman–Crippen MR) is 84.9 cm³/mol. The van der Waals surface area contributed by atoms with E-state index in [0.717, 1.165) is 44.2 Å². The highest BCUT2D eigenvalue weighted by molar-refractivity contribution is 5.73. The van der Waals surface area contributed by atoms with Gasteiger partial charge in [-0.25, -0.2) is 4.79 Å². The number of nitrogens with one attached hydrogen (secondary N) is 2. The molecule has 0 aromatic rings. The zero-order valence-electron chi connectivity index (χ0n) is 13.6. The Balaban J connectivity index is 1.97. The lowest BCUT2D eigenvalue weighted by Gasteiger charge is -2.34. The van der Waals surface area contributed by atoms with Crippen molar-refractivity contribution in [1.82, 2.24) is 15.5 Å². The van der Waals surface area contributed by atoms with Gasteiger partial charge in [-0.1, -0.05) is 27.2 Å². The number of carbonyl (C=O) groups is 1. The molecule has 0 radical (unpaired) electrons. The van der Waals surface area contributed by atoms with E-state index in [9.17, 15) is 4.79 Å². The van der Waals surface area contributed by atoms with Gasteiger partial charge in [0.05, 0.1) is 0 Å². The van der Waals surface area contributed by atoms with Gasteiger partial charge in [-0.3, -0.25) is 0 Å². The molecular formula is C16H33N3O. The molecule has 0 aromatic heterocycles. The summed E-state index contributed by atoms with van der Waals surface area (Å²) in [5.74, 6) is 1.67. The molecule has 4 nitrogen and oxygen atoms in total. The Morgan fingerprint density at radius 3 is 2.25 bits per heavy atom. The molecule has 0 saturated carbocycles. The van der Waals surface area contributed by atoms with E-state index in [1.165, 1.54) is 32.5 Å². The highest BCUT2D eigenvalue weighted by atomic mass is 16.2. The maximum Gasteiger partial charge on any atom is 0.314 e. The van der Waals surface area contributed by atoms with Gasteiger partial charge in [0.15, 0.2) is 0 Å². The summed E-state index contributed by atoms with van der Waals surface area (Å²) in [6.45, 7) is 12.1. The fourth-order valence-electron chi connectivity index (χ4n) is 3.08. The van der Waals surface area contributed by atoms with E-state index in [2.05, 4.69) is 36.3 Å². The first kappa shape index (κ1) is 17.3. The number of hydrogen-bond donors (Lipinski definition) is 2. The van der Waals surface area contributed by atoms with Gasteiger partial charge in [-0.15, -0.1) is 0 Å². The van der Waals surface area contributed by atoms with Crippen molar-refractivity contribution in [2.45, 2.75) is 52.9 Å². The van der Waals surface area contributed by atoms with Crippen LogP contribution in [0.15, 0.2) is 0 Å². The molecule has 2 atom stereocenters. The van der Waals surface area contributed by atoms with Crippen LogP contribution >= 0.6 is 0 Å². The van der Waals surface area contributed by atoms with E-state index in [4.69, 9.17) is 0 Å². The third-order valence-electron chi connectivity index (χ3n) is 3.95. The quantitative estimate of drug-likeness (QED) is 0.673. The van der Waals surface area contributed by atoms with E-state index >= 15 is 0 Å². The molecule has 1 fully saturated rings. The summed E-state index contributed by atoms with van der Waals surface area (Å²) >= 11 is 0. The number of carbonyl (C=O) groups excluding carboxylic acids is 1. The molecule has 2 N–H and O–H groups in total. The first-order valence-corrected chi connectivity index (χ1v) is 8.35. The van der Waals surface area contributed by atoms with Gasteiger partial charge in [-0.2, -0.15) is 0 Å². The molecule has 1 heterocycles. The number of piperidine rings is 1. The number of nitrogens with zero attached hydrogens (tertiary/aromatic N) is 1. The van der Waals surface area contributed by atoms with Gasteiger partial charge in [0.25, 0.3) is 0 Å². The van der Waals surface area contributed by atoms with Crippen LogP contribution in [0.2, 0.25) is 0 Å². The molecular weight excluding hydrogens is 250 g/mol. The van der Waals surface area contributed by atoms with Gasteiger partial charge in [0.1, 0.15) is 0 Å². The Morgan fingerprint density at radius 2 is 1.65 bits per heavy atom. The van der Waals surface area contributed by atoms with Gasteiger partial charge < -0.3 is 15.5 Å². The van der Waals surface area contributed by atoms with Crippen LogP contribution in [0.5, 0.6) is 0 Å². The normalized spacial score (nSPS) is 23.6. The van der Waals surface area contributed by atoms with Crippen LogP contribution in [0, 0.1) is 11.8 Å². The molecule has 0 aliphatic carbocycles. The van der Waals surface area contributed by atoms with E-state index < -0.39 is 0 Å². The lowest BCUT2D eigenvalue weighted by molar-refractivity contribution is 0.139. The molecule has 0 spiro atoms. The monoisotopic (exact) mass is 283 g/mol. The minimum atomic E-state index is -0.0151. The van der Waals surface area contributed by atoms with E-state index in [-0.39, 0.29) is 6.03 Å². The highest BCUT2D eigenvalue weighted by Gasteiger charge is 2.20. The van der Waals surface area contributed by atoms with Crippen molar-refractivity contribution in [3.05, 3.63) is 0 Å². The van der Waals surface area contributed by atoms with Gasteiger partial charge in [0.2, 0.25) is 0 Å². The smallest absolute Gasteiger partial charge is 0.314 e. The standard InChI is InChI=1S/C16H33N3O/c1-4-5-8-17-16(20)18-9-6-7-10-19-12-14(2)11-15(3)13-19/h14-15H,4-13H2,1-3H3,(H2,17,18,20). The molecule has 1 saturated heterocycles. The summed E-state index contributed by atoms with van der Waals surface area (Å²) in [7, 11) is 0. The SMILES string of the molecule is CCCCNC(=O)NCCCCN1CC(C)CC(C)C1. The number of unbranched alkanes of at least 4 members (excludes halogenated alkanes) is 2.